The first-order valence-corrected chi connectivity index (χ1v) is 9.97. The summed E-state index contributed by atoms with van der Waals surface area (Å²) < 4.78 is 19.0. The minimum absolute atomic E-state index is 0.299. The number of aromatic nitrogens is 1. The fourth-order valence-corrected chi connectivity index (χ4v) is 3.65. The van der Waals surface area contributed by atoms with Crippen LogP contribution >= 0.6 is 0 Å². The van der Waals surface area contributed by atoms with Crippen molar-refractivity contribution in [1.82, 2.24) is 4.57 Å². The van der Waals surface area contributed by atoms with Crippen molar-refractivity contribution in [3.05, 3.63) is 81.6 Å². The SMILES string of the molecule is COCCCOc1cc2c(cc1C)-c1cc(=O)c(C(=O)O)cn1C(c1ccccc1)O2. The van der Waals surface area contributed by atoms with Gasteiger partial charge in [0, 0.05) is 49.6 Å². The summed E-state index contributed by atoms with van der Waals surface area (Å²) in [6.07, 6.45) is 1.49. The molecule has 1 aliphatic heterocycles. The molecule has 31 heavy (non-hydrogen) atoms. The van der Waals surface area contributed by atoms with Gasteiger partial charge in [0.2, 0.25) is 6.23 Å². The van der Waals surface area contributed by atoms with Crippen LogP contribution in [0.4, 0.5) is 0 Å². The molecule has 1 aromatic heterocycles. The van der Waals surface area contributed by atoms with E-state index in [1.807, 2.05) is 49.4 Å². The van der Waals surface area contributed by atoms with Crippen LogP contribution in [0.15, 0.2) is 59.5 Å². The lowest BCUT2D eigenvalue weighted by Crippen LogP contribution is -2.27. The van der Waals surface area contributed by atoms with Crippen LogP contribution in [0.5, 0.6) is 11.5 Å². The number of carbonyl (C=O) groups is 1. The molecule has 0 saturated heterocycles. The van der Waals surface area contributed by atoms with E-state index in [9.17, 15) is 14.7 Å². The Hall–Kier alpha value is -3.58. The summed E-state index contributed by atoms with van der Waals surface area (Å²) in [6, 6.07) is 14.5. The Balaban J connectivity index is 1.83. The van der Waals surface area contributed by atoms with Crippen LogP contribution in [-0.2, 0) is 4.74 Å². The summed E-state index contributed by atoms with van der Waals surface area (Å²) in [5.74, 6) is -0.00261. The number of methoxy groups -OCH3 is 1. The van der Waals surface area contributed by atoms with Crippen LogP contribution in [0.2, 0.25) is 0 Å². The topological polar surface area (TPSA) is 87.0 Å². The smallest absolute Gasteiger partial charge is 0.341 e. The van der Waals surface area contributed by atoms with Crippen molar-refractivity contribution >= 4 is 5.97 Å². The molecule has 7 heteroatoms. The Kier molecular flexibility index (Phi) is 5.77. The van der Waals surface area contributed by atoms with Gasteiger partial charge < -0.3 is 23.9 Å². The summed E-state index contributed by atoms with van der Waals surface area (Å²) >= 11 is 0. The third-order valence-corrected chi connectivity index (χ3v) is 5.19. The highest BCUT2D eigenvalue weighted by atomic mass is 16.5. The third-order valence-electron chi connectivity index (χ3n) is 5.19. The molecule has 2 heterocycles. The number of rotatable bonds is 7. The summed E-state index contributed by atoms with van der Waals surface area (Å²) in [6.45, 7) is 3.04. The average molecular weight is 421 g/mol. The number of fused-ring (bicyclic) bond motifs is 3. The first-order chi connectivity index (χ1) is 15.0. The van der Waals surface area contributed by atoms with E-state index in [-0.39, 0.29) is 5.56 Å². The summed E-state index contributed by atoms with van der Waals surface area (Å²) in [5.41, 5.74) is 2.18. The zero-order valence-corrected chi connectivity index (χ0v) is 17.3. The second-order valence-corrected chi connectivity index (χ2v) is 7.34. The molecule has 0 radical (unpaired) electrons. The van der Waals surface area contributed by atoms with Crippen molar-refractivity contribution in [2.75, 3.05) is 20.3 Å². The molecule has 0 bridgehead atoms. The van der Waals surface area contributed by atoms with Gasteiger partial charge in [-0.2, -0.15) is 0 Å². The Morgan fingerprint density at radius 2 is 1.94 bits per heavy atom. The summed E-state index contributed by atoms with van der Waals surface area (Å²) in [7, 11) is 1.65. The molecule has 1 unspecified atom stereocenters. The molecule has 0 fully saturated rings. The number of carboxylic acid groups (broad SMARTS) is 1. The highest BCUT2D eigenvalue weighted by Gasteiger charge is 2.29. The number of aryl methyl sites for hydroxylation is 1. The minimum Gasteiger partial charge on any atom is -0.493 e. The fourth-order valence-electron chi connectivity index (χ4n) is 3.65. The average Bonchev–Trinajstić information content (AvgIpc) is 2.76. The van der Waals surface area contributed by atoms with Crippen LogP contribution in [0.3, 0.4) is 0 Å². The van der Waals surface area contributed by atoms with E-state index in [0.717, 1.165) is 17.5 Å². The second kappa shape index (κ2) is 8.65. The van der Waals surface area contributed by atoms with Gasteiger partial charge in [-0.1, -0.05) is 30.3 Å². The van der Waals surface area contributed by atoms with Crippen molar-refractivity contribution in [3.63, 3.8) is 0 Å². The lowest BCUT2D eigenvalue weighted by atomic mass is 10.0. The summed E-state index contributed by atoms with van der Waals surface area (Å²) in [5, 5.41) is 9.44. The first-order valence-electron chi connectivity index (χ1n) is 9.97. The van der Waals surface area contributed by atoms with Crippen LogP contribution in [0.1, 0.15) is 34.1 Å². The van der Waals surface area contributed by atoms with E-state index in [1.165, 1.54) is 12.3 Å². The predicted octanol–water partition coefficient (Wildman–Crippen LogP) is 3.88. The molecule has 2 aromatic carbocycles. The molecule has 0 aliphatic carbocycles. The molecule has 3 aromatic rings. The van der Waals surface area contributed by atoms with E-state index in [1.54, 1.807) is 11.7 Å². The lowest BCUT2D eigenvalue weighted by molar-refractivity contribution is 0.0693. The third kappa shape index (κ3) is 4.04. The van der Waals surface area contributed by atoms with Crippen LogP contribution < -0.4 is 14.9 Å². The van der Waals surface area contributed by atoms with Gasteiger partial charge in [0.1, 0.15) is 17.1 Å². The largest absolute Gasteiger partial charge is 0.493 e. The maximum atomic E-state index is 12.5. The van der Waals surface area contributed by atoms with E-state index in [4.69, 9.17) is 14.2 Å². The van der Waals surface area contributed by atoms with Gasteiger partial charge in [-0.05, 0) is 18.6 Å². The monoisotopic (exact) mass is 421 g/mol. The van der Waals surface area contributed by atoms with Gasteiger partial charge >= 0.3 is 5.97 Å². The molecular weight excluding hydrogens is 398 g/mol. The van der Waals surface area contributed by atoms with Gasteiger partial charge in [-0.3, -0.25) is 4.79 Å². The van der Waals surface area contributed by atoms with Crippen LogP contribution in [-0.4, -0.2) is 36.0 Å². The lowest BCUT2D eigenvalue weighted by Gasteiger charge is -2.32. The molecule has 7 nitrogen and oxygen atoms in total. The highest BCUT2D eigenvalue weighted by molar-refractivity contribution is 5.88. The zero-order valence-electron chi connectivity index (χ0n) is 17.3. The molecule has 4 rings (SSSR count). The Labute approximate surface area is 179 Å². The van der Waals surface area contributed by atoms with Gasteiger partial charge in [0.25, 0.3) is 0 Å². The van der Waals surface area contributed by atoms with Gasteiger partial charge in [-0.15, -0.1) is 0 Å². The number of nitrogens with zero attached hydrogens (tertiary/aromatic N) is 1. The number of aromatic carboxylic acids is 1. The molecule has 0 saturated carbocycles. The molecule has 1 aliphatic rings. The van der Waals surface area contributed by atoms with Crippen molar-refractivity contribution in [2.45, 2.75) is 19.6 Å². The van der Waals surface area contributed by atoms with E-state index < -0.39 is 17.6 Å². The van der Waals surface area contributed by atoms with Gasteiger partial charge in [-0.25, -0.2) is 4.79 Å². The standard InChI is InChI=1S/C24H23NO6/c1-15-11-17-19-12-20(26)18(24(27)28)14-25(19)23(16-7-4-3-5-8-16)31-22(17)13-21(15)30-10-6-9-29-2/h3-5,7-8,11-14,23H,6,9-10H2,1-2H3,(H,27,28). The van der Waals surface area contributed by atoms with Crippen LogP contribution in [0.25, 0.3) is 11.3 Å². The van der Waals surface area contributed by atoms with Crippen molar-refractivity contribution < 1.29 is 24.1 Å². The van der Waals surface area contributed by atoms with Crippen LogP contribution in [0, 0.1) is 6.92 Å². The highest BCUT2D eigenvalue weighted by Crippen LogP contribution is 2.43. The molecule has 0 amide bonds. The zero-order chi connectivity index (χ0) is 22.0. The Morgan fingerprint density at radius 3 is 2.65 bits per heavy atom. The van der Waals surface area contributed by atoms with Crippen molar-refractivity contribution in [3.8, 4) is 22.8 Å². The van der Waals surface area contributed by atoms with E-state index in [0.29, 0.717) is 36.0 Å². The minimum atomic E-state index is -1.27. The number of benzene rings is 2. The van der Waals surface area contributed by atoms with Crippen molar-refractivity contribution in [2.24, 2.45) is 0 Å². The van der Waals surface area contributed by atoms with Gasteiger partial charge in [0.15, 0.2) is 5.43 Å². The maximum Gasteiger partial charge on any atom is 0.341 e. The predicted molar refractivity (Wildman–Crippen MR) is 115 cm³/mol. The normalized spacial score (nSPS) is 14.3. The maximum absolute atomic E-state index is 12.5. The Morgan fingerprint density at radius 1 is 1.16 bits per heavy atom. The van der Waals surface area contributed by atoms with Crippen molar-refractivity contribution in [1.29, 1.82) is 0 Å². The molecular formula is C24H23NO6. The second-order valence-electron chi connectivity index (χ2n) is 7.34. The van der Waals surface area contributed by atoms with Gasteiger partial charge in [0.05, 0.1) is 12.3 Å². The molecule has 0 spiro atoms. The number of hydrogen-bond donors (Lipinski definition) is 1. The number of ether oxygens (including phenoxy) is 3. The Bertz CT molecular complexity index is 1170. The quantitative estimate of drug-likeness (QED) is 0.583. The van der Waals surface area contributed by atoms with E-state index in [2.05, 4.69) is 0 Å². The number of pyridine rings is 1. The molecule has 160 valence electrons. The number of carboxylic acids is 1. The molecule has 1 N–H and O–H groups in total. The fraction of sp³-hybridized carbons (Fsp3) is 0.250. The summed E-state index contributed by atoms with van der Waals surface area (Å²) in [4.78, 5) is 24.0. The number of hydrogen-bond acceptors (Lipinski definition) is 5. The first kappa shape index (κ1) is 20.7. The van der Waals surface area contributed by atoms with E-state index >= 15 is 0 Å². The molecule has 1 atom stereocenters.